The Morgan fingerprint density at radius 3 is 2.62 bits per heavy atom. The van der Waals surface area contributed by atoms with Crippen molar-refractivity contribution in [2.24, 2.45) is 0 Å². The topological polar surface area (TPSA) is 55.3 Å². The third-order valence-corrected chi connectivity index (χ3v) is 6.78. The SMILES string of the molecule is Cc1csc(C2CCN(C(=O)c3csc(C4CCCO4)n3)CC2)n1. The standard InChI is InChI=1S/C17H21N3O2S2/c1-11-9-23-15(18-11)12-4-6-20(7-5-12)17(21)13-10-24-16(19-13)14-3-2-8-22-14/h9-10,12,14H,2-8H2,1H3. The van der Waals surface area contributed by atoms with E-state index in [4.69, 9.17) is 4.74 Å². The summed E-state index contributed by atoms with van der Waals surface area (Å²) in [6, 6.07) is 0. The van der Waals surface area contributed by atoms with Gasteiger partial charge in [0.15, 0.2) is 0 Å². The number of aryl methyl sites for hydroxylation is 1. The average molecular weight is 364 g/mol. The monoisotopic (exact) mass is 363 g/mol. The molecule has 7 heteroatoms. The minimum absolute atomic E-state index is 0.0595. The van der Waals surface area contributed by atoms with Gasteiger partial charge in [-0.05, 0) is 32.6 Å². The van der Waals surface area contributed by atoms with Gasteiger partial charge < -0.3 is 9.64 Å². The number of hydrogen-bond acceptors (Lipinski definition) is 6. The molecule has 0 aromatic carbocycles. The number of likely N-dealkylation sites (tertiary alicyclic amines) is 1. The minimum Gasteiger partial charge on any atom is -0.371 e. The van der Waals surface area contributed by atoms with E-state index >= 15 is 0 Å². The van der Waals surface area contributed by atoms with Crippen LogP contribution < -0.4 is 0 Å². The van der Waals surface area contributed by atoms with Crippen LogP contribution in [0.5, 0.6) is 0 Å². The van der Waals surface area contributed by atoms with Crippen LogP contribution in [0.1, 0.15) is 63.9 Å². The highest BCUT2D eigenvalue weighted by Gasteiger charge is 2.28. The van der Waals surface area contributed by atoms with E-state index in [-0.39, 0.29) is 12.0 Å². The van der Waals surface area contributed by atoms with Crippen molar-refractivity contribution in [1.82, 2.24) is 14.9 Å². The molecule has 5 nitrogen and oxygen atoms in total. The fraction of sp³-hybridized carbons (Fsp3) is 0.588. The Morgan fingerprint density at radius 1 is 1.17 bits per heavy atom. The Labute approximate surface area is 149 Å². The van der Waals surface area contributed by atoms with E-state index in [1.165, 1.54) is 5.01 Å². The maximum absolute atomic E-state index is 12.7. The number of amides is 1. The molecule has 2 aromatic rings. The lowest BCUT2D eigenvalue weighted by Crippen LogP contribution is -2.38. The van der Waals surface area contributed by atoms with E-state index in [0.29, 0.717) is 11.6 Å². The fourth-order valence-electron chi connectivity index (χ4n) is 3.36. The quantitative estimate of drug-likeness (QED) is 0.833. The van der Waals surface area contributed by atoms with Crippen LogP contribution in [0, 0.1) is 6.92 Å². The van der Waals surface area contributed by atoms with Gasteiger partial charge in [-0.25, -0.2) is 9.97 Å². The van der Waals surface area contributed by atoms with E-state index in [9.17, 15) is 4.79 Å². The average Bonchev–Trinajstić information content (AvgIpc) is 3.35. The second-order valence-corrected chi connectivity index (χ2v) is 8.25. The normalized spacial score (nSPS) is 22.2. The van der Waals surface area contributed by atoms with Gasteiger partial charge in [0.05, 0.1) is 5.01 Å². The number of aromatic nitrogens is 2. The number of carbonyl (C=O) groups is 1. The van der Waals surface area contributed by atoms with Crippen molar-refractivity contribution in [3.8, 4) is 0 Å². The third kappa shape index (κ3) is 3.25. The molecule has 0 aliphatic carbocycles. The Kier molecular flexibility index (Phi) is 4.65. The minimum atomic E-state index is 0.0595. The largest absolute Gasteiger partial charge is 0.371 e. The summed E-state index contributed by atoms with van der Waals surface area (Å²) in [6.45, 7) is 4.41. The van der Waals surface area contributed by atoms with Gasteiger partial charge >= 0.3 is 0 Å². The van der Waals surface area contributed by atoms with Gasteiger partial charge in [0, 0.05) is 42.1 Å². The van der Waals surface area contributed by atoms with Crippen LogP contribution in [0.15, 0.2) is 10.8 Å². The van der Waals surface area contributed by atoms with E-state index in [2.05, 4.69) is 15.3 Å². The number of rotatable bonds is 3. The molecule has 128 valence electrons. The van der Waals surface area contributed by atoms with Crippen molar-refractivity contribution >= 4 is 28.6 Å². The molecule has 24 heavy (non-hydrogen) atoms. The Morgan fingerprint density at radius 2 is 1.96 bits per heavy atom. The highest BCUT2D eigenvalue weighted by atomic mass is 32.1. The lowest BCUT2D eigenvalue weighted by molar-refractivity contribution is 0.0706. The molecule has 0 radical (unpaired) electrons. The van der Waals surface area contributed by atoms with Crippen LogP contribution in [0.3, 0.4) is 0 Å². The summed E-state index contributed by atoms with van der Waals surface area (Å²) >= 11 is 3.29. The molecule has 4 heterocycles. The lowest BCUT2D eigenvalue weighted by Gasteiger charge is -2.30. The first-order valence-electron chi connectivity index (χ1n) is 8.49. The molecule has 1 amide bonds. The first-order chi connectivity index (χ1) is 11.7. The molecule has 2 saturated heterocycles. The van der Waals surface area contributed by atoms with Gasteiger partial charge in [-0.3, -0.25) is 4.79 Å². The number of carbonyl (C=O) groups excluding carboxylic acids is 1. The number of piperidine rings is 1. The smallest absolute Gasteiger partial charge is 0.273 e. The summed E-state index contributed by atoms with van der Waals surface area (Å²) in [5.41, 5.74) is 1.67. The molecule has 0 N–H and O–H groups in total. The van der Waals surface area contributed by atoms with Crippen molar-refractivity contribution in [3.05, 3.63) is 32.2 Å². The second kappa shape index (κ2) is 6.90. The zero-order chi connectivity index (χ0) is 16.5. The predicted molar refractivity (Wildman–Crippen MR) is 94.8 cm³/mol. The van der Waals surface area contributed by atoms with Crippen LogP contribution in [-0.4, -0.2) is 40.5 Å². The molecule has 2 aliphatic rings. The summed E-state index contributed by atoms with van der Waals surface area (Å²) in [5, 5.41) is 6.16. The zero-order valence-electron chi connectivity index (χ0n) is 13.7. The molecule has 0 saturated carbocycles. The number of nitrogens with zero attached hydrogens (tertiary/aromatic N) is 3. The summed E-state index contributed by atoms with van der Waals surface area (Å²) in [5.74, 6) is 0.551. The highest BCUT2D eigenvalue weighted by molar-refractivity contribution is 7.10. The number of ether oxygens (including phenoxy) is 1. The maximum atomic E-state index is 12.7. The maximum Gasteiger partial charge on any atom is 0.273 e. The van der Waals surface area contributed by atoms with E-state index in [1.807, 2.05) is 17.2 Å². The first-order valence-corrected chi connectivity index (χ1v) is 10.2. The number of thiazole rings is 2. The van der Waals surface area contributed by atoms with Crippen LogP contribution >= 0.6 is 22.7 Å². The van der Waals surface area contributed by atoms with Crippen LogP contribution in [0.25, 0.3) is 0 Å². The summed E-state index contributed by atoms with van der Waals surface area (Å²) < 4.78 is 5.66. The van der Waals surface area contributed by atoms with Crippen molar-refractivity contribution in [3.63, 3.8) is 0 Å². The van der Waals surface area contributed by atoms with Gasteiger partial charge in [0.1, 0.15) is 16.8 Å². The Balaban J connectivity index is 1.37. The lowest BCUT2D eigenvalue weighted by atomic mass is 9.97. The van der Waals surface area contributed by atoms with Gasteiger partial charge in [-0.1, -0.05) is 0 Å². The highest BCUT2D eigenvalue weighted by Crippen LogP contribution is 2.33. The van der Waals surface area contributed by atoms with Crippen molar-refractivity contribution in [2.45, 2.75) is 44.6 Å². The zero-order valence-corrected chi connectivity index (χ0v) is 15.4. The number of hydrogen-bond donors (Lipinski definition) is 0. The molecule has 0 bridgehead atoms. The third-order valence-electron chi connectivity index (χ3n) is 4.71. The summed E-state index contributed by atoms with van der Waals surface area (Å²) in [6.07, 6.45) is 4.16. The van der Waals surface area contributed by atoms with Gasteiger partial charge in [-0.2, -0.15) is 0 Å². The Hall–Kier alpha value is -1.31. The molecule has 1 atom stereocenters. The van der Waals surface area contributed by atoms with Gasteiger partial charge in [0.2, 0.25) is 0 Å². The van der Waals surface area contributed by atoms with Crippen LogP contribution in [0.4, 0.5) is 0 Å². The molecule has 2 fully saturated rings. The summed E-state index contributed by atoms with van der Waals surface area (Å²) in [7, 11) is 0. The predicted octanol–water partition coefficient (Wildman–Crippen LogP) is 3.78. The summed E-state index contributed by atoms with van der Waals surface area (Å²) in [4.78, 5) is 23.8. The van der Waals surface area contributed by atoms with Crippen molar-refractivity contribution in [2.75, 3.05) is 19.7 Å². The molecule has 0 spiro atoms. The molecule has 2 aliphatic heterocycles. The molecule has 1 unspecified atom stereocenters. The van der Waals surface area contributed by atoms with Gasteiger partial charge in [-0.15, -0.1) is 22.7 Å². The molecular formula is C17H21N3O2S2. The van der Waals surface area contributed by atoms with E-state index in [1.54, 1.807) is 22.7 Å². The molecule has 2 aromatic heterocycles. The fourth-order valence-corrected chi connectivity index (χ4v) is 5.20. The van der Waals surface area contributed by atoms with E-state index in [0.717, 1.165) is 56.1 Å². The van der Waals surface area contributed by atoms with Gasteiger partial charge in [0.25, 0.3) is 5.91 Å². The second-order valence-electron chi connectivity index (χ2n) is 6.47. The molecule has 4 rings (SSSR count). The van der Waals surface area contributed by atoms with E-state index < -0.39 is 0 Å². The first kappa shape index (κ1) is 16.2. The van der Waals surface area contributed by atoms with Crippen LogP contribution in [0.2, 0.25) is 0 Å². The Bertz CT molecular complexity index is 713. The van der Waals surface area contributed by atoms with Crippen LogP contribution in [-0.2, 0) is 4.74 Å². The van der Waals surface area contributed by atoms with Crippen molar-refractivity contribution < 1.29 is 9.53 Å². The van der Waals surface area contributed by atoms with Crippen molar-refractivity contribution in [1.29, 1.82) is 0 Å². The molecular weight excluding hydrogens is 342 g/mol.